The van der Waals surface area contributed by atoms with Crippen LogP contribution in [0.1, 0.15) is 10.4 Å². The molecule has 0 aromatic heterocycles. The van der Waals surface area contributed by atoms with E-state index in [0.717, 1.165) is 12.1 Å². The van der Waals surface area contributed by atoms with Gasteiger partial charge in [0.1, 0.15) is 5.75 Å². The van der Waals surface area contributed by atoms with Crippen molar-refractivity contribution in [2.75, 3.05) is 5.73 Å². The van der Waals surface area contributed by atoms with Gasteiger partial charge in [0.2, 0.25) is 0 Å². The van der Waals surface area contributed by atoms with Crippen molar-refractivity contribution in [1.29, 1.82) is 0 Å². The number of aromatic hydroxyl groups is 1. The Labute approximate surface area is 85.0 Å². The molecule has 0 aliphatic heterocycles. The third-order valence-corrected chi connectivity index (χ3v) is 1.81. The minimum atomic E-state index is -4.86. The van der Waals surface area contributed by atoms with Crippen LogP contribution < -0.4 is 5.73 Å². The summed E-state index contributed by atoms with van der Waals surface area (Å²) in [5.74, 6) is -1.70. The summed E-state index contributed by atoms with van der Waals surface area (Å²) in [6, 6.07) is 3.25. The number of benzene rings is 1. The SMILES string of the molecule is Nc1ccc(C(=O)OS(=O)(=O)O)cc1O. The molecule has 15 heavy (non-hydrogen) atoms. The lowest BCUT2D eigenvalue weighted by molar-refractivity contribution is 0.0727. The van der Waals surface area contributed by atoms with Crippen LogP contribution in [0, 0.1) is 0 Å². The van der Waals surface area contributed by atoms with Gasteiger partial charge in [0.05, 0.1) is 11.3 Å². The summed E-state index contributed by atoms with van der Waals surface area (Å²) in [5.41, 5.74) is 5.02. The molecule has 0 atom stereocenters. The second-order valence-electron chi connectivity index (χ2n) is 2.57. The molecule has 0 saturated heterocycles. The van der Waals surface area contributed by atoms with Gasteiger partial charge < -0.3 is 15.0 Å². The van der Waals surface area contributed by atoms with E-state index in [1.54, 1.807) is 0 Å². The van der Waals surface area contributed by atoms with Crippen molar-refractivity contribution in [2.45, 2.75) is 0 Å². The van der Waals surface area contributed by atoms with E-state index in [4.69, 9.17) is 15.4 Å². The molecule has 0 spiro atoms. The summed E-state index contributed by atoms with van der Waals surface area (Å²) >= 11 is 0. The van der Waals surface area contributed by atoms with Crippen LogP contribution >= 0.6 is 0 Å². The second kappa shape index (κ2) is 3.75. The summed E-state index contributed by atoms with van der Waals surface area (Å²) in [4.78, 5) is 11.0. The van der Waals surface area contributed by atoms with Gasteiger partial charge in [0, 0.05) is 0 Å². The molecule has 1 aromatic carbocycles. The molecule has 0 saturated carbocycles. The smallest absolute Gasteiger partial charge is 0.449 e. The molecule has 0 radical (unpaired) electrons. The van der Waals surface area contributed by atoms with Crippen LogP contribution in [0.4, 0.5) is 5.69 Å². The molecule has 1 rings (SSSR count). The summed E-state index contributed by atoms with van der Waals surface area (Å²) in [5, 5.41) is 9.10. The fraction of sp³-hybridized carbons (Fsp3) is 0. The van der Waals surface area contributed by atoms with Crippen molar-refractivity contribution in [3.05, 3.63) is 23.8 Å². The predicted octanol–water partition coefficient (Wildman–Crippen LogP) is -0.0660. The molecule has 0 aliphatic rings. The first-order chi connectivity index (χ1) is 6.79. The Morgan fingerprint density at radius 1 is 1.40 bits per heavy atom. The summed E-state index contributed by atoms with van der Waals surface area (Å²) in [6.07, 6.45) is 0. The van der Waals surface area contributed by atoms with E-state index in [0.29, 0.717) is 0 Å². The zero-order valence-corrected chi connectivity index (χ0v) is 8.06. The van der Waals surface area contributed by atoms with Crippen molar-refractivity contribution in [2.24, 2.45) is 0 Å². The summed E-state index contributed by atoms with van der Waals surface area (Å²) < 4.78 is 32.3. The number of hydrogen-bond acceptors (Lipinski definition) is 6. The average molecular weight is 233 g/mol. The molecule has 4 N–H and O–H groups in total. The monoisotopic (exact) mass is 233 g/mol. The van der Waals surface area contributed by atoms with E-state index in [1.807, 2.05) is 0 Å². The van der Waals surface area contributed by atoms with Crippen molar-refractivity contribution < 1.29 is 27.1 Å². The molecule has 0 aliphatic carbocycles. The van der Waals surface area contributed by atoms with Crippen molar-refractivity contribution in [3.63, 3.8) is 0 Å². The Kier molecular flexibility index (Phi) is 2.82. The van der Waals surface area contributed by atoms with Crippen molar-refractivity contribution in [3.8, 4) is 5.75 Å². The third-order valence-electron chi connectivity index (χ3n) is 1.45. The highest BCUT2D eigenvalue weighted by Gasteiger charge is 2.16. The normalized spacial score (nSPS) is 11.0. The zero-order chi connectivity index (χ0) is 11.6. The van der Waals surface area contributed by atoms with Crippen molar-refractivity contribution >= 4 is 22.1 Å². The Morgan fingerprint density at radius 2 is 2.00 bits per heavy atom. The van der Waals surface area contributed by atoms with Gasteiger partial charge in [-0.3, -0.25) is 4.55 Å². The quantitative estimate of drug-likeness (QED) is 0.370. The zero-order valence-electron chi connectivity index (χ0n) is 7.25. The van der Waals surface area contributed by atoms with Crippen LogP contribution in [0.5, 0.6) is 5.75 Å². The molecule has 0 fully saturated rings. The number of anilines is 1. The van der Waals surface area contributed by atoms with Crippen molar-refractivity contribution in [1.82, 2.24) is 0 Å². The molecule has 0 heterocycles. The van der Waals surface area contributed by atoms with Crippen LogP contribution in [0.3, 0.4) is 0 Å². The molecule has 0 bridgehead atoms. The number of rotatable bonds is 2. The van der Waals surface area contributed by atoms with Crippen LogP contribution in [0.15, 0.2) is 18.2 Å². The number of phenolic OH excluding ortho intramolecular Hbond substituents is 1. The molecule has 0 unspecified atom stereocenters. The molecule has 7 nitrogen and oxygen atoms in total. The molecular weight excluding hydrogens is 226 g/mol. The number of carbonyl (C=O) groups excluding carboxylic acids is 1. The van der Waals surface area contributed by atoms with E-state index in [-0.39, 0.29) is 17.0 Å². The maximum absolute atomic E-state index is 11.0. The van der Waals surface area contributed by atoms with Crippen LogP contribution in [0.2, 0.25) is 0 Å². The van der Waals surface area contributed by atoms with Gasteiger partial charge in [-0.2, -0.15) is 8.42 Å². The molecule has 1 aromatic rings. The maximum atomic E-state index is 11.0. The highest BCUT2D eigenvalue weighted by Crippen LogP contribution is 2.21. The number of nitrogens with two attached hydrogens (primary N) is 1. The average Bonchev–Trinajstić information content (AvgIpc) is 2.06. The van der Waals surface area contributed by atoms with Crippen LogP contribution in [-0.2, 0) is 14.6 Å². The van der Waals surface area contributed by atoms with Gasteiger partial charge in [0.15, 0.2) is 0 Å². The third kappa shape index (κ3) is 3.11. The van der Waals surface area contributed by atoms with E-state index in [9.17, 15) is 13.2 Å². The lowest BCUT2D eigenvalue weighted by Gasteiger charge is -2.02. The topological polar surface area (TPSA) is 127 Å². The van der Waals surface area contributed by atoms with Gasteiger partial charge >= 0.3 is 16.4 Å². The minimum absolute atomic E-state index is 0.0263. The second-order valence-corrected chi connectivity index (χ2v) is 3.59. The Balaban J connectivity index is 2.98. The lowest BCUT2D eigenvalue weighted by atomic mass is 10.2. The standard InChI is InChI=1S/C7H7NO6S/c8-5-2-1-4(3-6(5)9)7(10)14-15(11,12)13/h1-3,9H,8H2,(H,11,12,13). The fourth-order valence-electron chi connectivity index (χ4n) is 0.814. The first kappa shape index (κ1) is 11.3. The number of nitrogen functional groups attached to an aromatic ring is 1. The Bertz CT molecular complexity index is 494. The maximum Gasteiger partial charge on any atom is 0.449 e. The highest BCUT2D eigenvalue weighted by atomic mass is 32.3. The molecule has 0 amide bonds. The van der Waals surface area contributed by atoms with Gasteiger partial charge in [-0.1, -0.05) is 0 Å². The highest BCUT2D eigenvalue weighted by molar-refractivity contribution is 7.81. The fourth-order valence-corrected chi connectivity index (χ4v) is 1.10. The summed E-state index contributed by atoms with van der Waals surface area (Å²) in [6.45, 7) is 0. The molecule has 82 valence electrons. The first-order valence-corrected chi connectivity index (χ1v) is 4.96. The number of carbonyl (C=O) groups is 1. The minimum Gasteiger partial charge on any atom is -0.506 e. The molecular formula is C7H7NO6S. The number of phenols is 1. The van der Waals surface area contributed by atoms with Gasteiger partial charge in [-0.15, -0.1) is 0 Å². The van der Waals surface area contributed by atoms with E-state index < -0.39 is 16.4 Å². The van der Waals surface area contributed by atoms with E-state index in [1.165, 1.54) is 6.07 Å². The van der Waals surface area contributed by atoms with Crippen LogP contribution in [-0.4, -0.2) is 24.0 Å². The van der Waals surface area contributed by atoms with Gasteiger partial charge in [-0.05, 0) is 18.2 Å². The van der Waals surface area contributed by atoms with Gasteiger partial charge in [-0.25, -0.2) is 4.79 Å². The first-order valence-electron chi connectivity index (χ1n) is 3.59. The van der Waals surface area contributed by atoms with Gasteiger partial charge in [0.25, 0.3) is 0 Å². The van der Waals surface area contributed by atoms with Crippen LogP contribution in [0.25, 0.3) is 0 Å². The Morgan fingerprint density at radius 3 is 2.47 bits per heavy atom. The number of hydrogen-bond donors (Lipinski definition) is 3. The van der Waals surface area contributed by atoms with E-state index >= 15 is 0 Å². The Hall–Kier alpha value is -1.80. The summed E-state index contributed by atoms with van der Waals surface area (Å²) in [7, 11) is -4.86. The predicted molar refractivity (Wildman–Crippen MR) is 49.5 cm³/mol. The van der Waals surface area contributed by atoms with E-state index in [2.05, 4.69) is 4.18 Å². The molecule has 8 heteroatoms. The largest absolute Gasteiger partial charge is 0.506 e. The lowest BCUT2D eigenvalue weighted by Crippen LogP contribution is -2.11.